The van der Waals surface area contributed by atoms with E-state index >= 15 is 0 Å². The Morgan fingerprint density at radius 3 is 3.06 bits per heavy atom. The lowest BCUT2D eigenvalue weighted by Crippen LogP contribution is -2.04. The summed E-state index contributed by atoms with van der Waals surface area (Å²) >= 11 is 3.35. The molecule has 1 heterocycles. The Kier molecular flexibility index (Phi) is 3.36. The minimum Gasteiger partial charge on any atom is -0.439 e. The summed E-state index contributed by atoms with van der Waals surface area (Å²) in [7, 11) is 1.81. The molecule has 16 heavy (non-hydrogen) atoms. The molecule has 0 aliphatic rings. The number of halogens is 2. The second-order valence-corrected chi connectivity index (χ2v) is 4.13. The lowest BCUT2D eigenvalue weighted by atomic mass is 10.2. The summed E-state index contributed by atoms with van der Waals surface area (Å²) in [6.45, 7) is 0.549. The molecule has 0 unspecified atom stereocenters. The Labute approximate surface area is 101 Å². The maximum Gasteiger partial charge on any atom is 0.208 e. The average Bonchev–Trinajstić information content (AvgIpc) is 2.71. The van der Waals surface area contributed by atoms with E-state index in [1.165, 1.54) is 12.1 Å². The smallest absolute Gasteiger partial charge is 0.208 e. The van der Waals surface area contributed by atoms with Crippen LogP contribution >= 0.6 is 15.9 Å². The minimum absolute atomic E-state index is 0.301. The van der Waals surface area contributed by atoms with E-state index in [0.29, 0.717) is 23.8 Å². The van der Waals surface area contributed by atoms with E-state index in [1.807, 2.05) is 7.05 Å². The van der Waals surface area contributed by atoms with Gasteiger partial charge >= 0.3 is 0 Å². The molecule has 3 nitrogen and oxygen atoms in total. The summed E-state index contributed by atoms with van der Waals surface area (Å²) in [6.07, 6.45) is 1.59. The Morgan fingerprint density at radius 1 is 1.50 bits per heavy atom. The number of hydrogen-bond acceptors (Lipinski definition) is 3. The van der Waals surface area contributed by atoms with Crippen LogP contribution in [0.3, 0.4) is 0 Å². The summed E-state index contributed by atoms with van der Waals surface area (Å²) in [5.74, 6) is 0.829. The van der Waals surface area contributed by atoms with Gasteiger partial charge in [-0.15, -0.1) is 0 Å². The number of oxazole rings is 1. The molecule has 0 atom stereocenters. The number of nitrogens with one attached hydrogen (secondary N) is 1. The first-order valence-electron chi connectivity index (χ1n) is 4.75. The second-order valence-electron chi connectivity index (χ2n) is 3.27. The normalized spacial score (nSPS) is 10.7. The SMILES string of the molecule is CNCc1ncc(-c2cc(F)ccc2Br)o1. The lowest BCUT2D eigenvalue weighted by Gasteiger charge is -2.00. The largest absolute Gasteiger partial charge is 0.439 e. The Balaban J connectivity index is 2.38. The standard InChI is InChI=1S/C11H10BrFN2O/c1-14-6-11-15-5-10(16-11)8-4-7(13)2-3-9(8)12/h2-5,14H,6H2,1H3. The molecule has 0 aliphatic heterocycles. The van der Waals surface area contributed by atoms with Crippen LogP contribution in [0.1, 0.15) is 5.89 Å². The van der Waals surface area contributed by atoms with Crippen molar-refractivity contribution >= 4 is 15.9 Å². The van der Waals surface area contributed by atoms with Crippen molar-refractivity contribution in [3.8, 4) is 11.3 Å². The second kappa shape index (κ2) is 4.76. The van der Waals surface area contributed by atoms with E-state index in [2.05, 4.69) is 26.2 Å². The van der Waals surface area contributed by atoms with Gasteiger partial charge in [0.1, 0.15) is 5.82 Å². The van der Waals surface area contributed by atoms with E-state index in [-0.39, 0.29) is 5.82 Å². The third-order valence-corrected chi connectivity index (χ3v) is 2.77. The number of hydrogen-bond donors (Lipinski definition) is 1. The van der Waals surface area contributed by atoms with Crippen LogP contribution in [0.15, 0.2) is 33.3 Å². The molecule has 0 spiro atoms. The van der Waals surface area contributed by atoms with Gasteiger partial charge in [0.15, 0.2) is 5.76 Å². The van der Waals surface area contributed by atoms with Gasteiger partial charge in [-0.3, -0.25) is 0 Å². The number of nitrogens with zero attached hydrogens (tertiary/aromatic N) is 1. The van der Waals surface area contributed by atoms with Crippen LogP contribution in [0.25, 0.3) is 11.3 Å². The monoisotopic (exact) mass is 284 g/mol. The molecular weight excluding hydrogens is 275 g/mol. The van der Waals surface area contributed by atoms with Crippen molar-refractivity contribution in [2.75, 3.05) is 7.05 Å². The predicted molar refractivity (Wildman–Crippen MR) is 62.4 cm³/mol. The van der Waals surface area contributed by atoms with Crippen molar-refractivity contribution in [3.05, 3.63) is 40.6 Å². The van der Waals surface area contributed by atoms with E-state index < -0.39 is 0 Å². The van der Waals surface area contributed by atoms with Crippen molar-refractivity contribution in [2.24, 2.45) is 0 Å². The summed E-state index contributed by atoms with van der Waals surface area (Å²) in [4.78, 5) is 4.08. The highest BCUT2D eigenvalue weighted by Gasteiger charge is 2.10. The maximum absolute atomic E-state index is 13.1. The molecule has 1 N–H and O–H groups in total. The number of aromatic nitrogens is 1. The summed E-state index contributed by atoms with van der Waals surface area (Å²) < 4.78 is 19.3. The molecule has 2 rings (SSSR count). The molecule has 0 saturated heterocycles. The van der Waals surface area contributed by atoms with Gasteiger partial charge in [-0.1, -0.05) is 15.9 Å². The fraction of sp³-hybridized carbons (Fsp3) is 0.182. The van der Waals surface area contributed by atoms with Gasteiger partial charge in [0.25, 0.3) is 0 Å². The summed E-state index contributed by atoms with van der Waals surface area (Å²) in [5.41, 5.74) is 0.662. The van der Waals surface area contributed by atoms with E-state index in [1.54, 1.807) is 12.3 Å². The Hall–Kier alpha value is -1.20. The van der Waals surface area contributed by atoms with Gasteiger partial charge in [0.05, 0.1) is 12.7 Å². The topological polar surface area (TPSA) is 38.1 Å². The first-order valence-corrected chi connectivity index (χ1v) is 5.54. The van der Waals surface area contributed by atoms with Gasteiger partial charge < -0.3 is 9.73 Å². The lowest BCUT2D eigenvalue weighted by molar-refractivity contribution is 0.490. The first kappa shape index (κ1) is 11.3. The molecule has 84 valence electrons. The number of rotatable bonds is 3. The third-order valence-electron chi connectivity index (χ3n) is 2.08. The van der Waals surface area contributed by atoms with Gasteiger partial charge in [-0.2, -0.15) is 0 Å². The van der Waals surface area contributed by atoms with E-state index in [4.69, 9.17) is 4.42 Å². The zero-order chi connectivity index (χ0) is 11.5. The van der Waals surface area contributed by atoms with Crippen LogP contribution in [0.2, 0.25) is 0 Å². The molecule has 0 amide bonds. The van der Waals surface area contributed by atoms with Crippen molar-refractivity contribution in [1.82, 2.24) is 10.3 Å². The van der Waals surface area contributed by atoms with Crippen molar-refractivity contribution in [3.63, 3.8) is 0 Å². The van der Waals surface area contributed by atoms with Crippen LogP contribution < -0.4 is 5.32 Å². The minimum atomic E-state index is -0.301. The van der Waals surface area contributed by atoms with Gasteiger partial charge in [-0.25, -0.2) is 9.37 Å². The van der Waals surface area contributed by atoms with E-state index in [0.717, 1.165) is 4.47 Å². The molecule has 1 aromatic carbocycles. The van der Waals surface area contributed by atoms with Crippen molar-refractivity contribution < 1.29 is 8.81 Å². The fourth-order valence-electron chi connectivity index (χ4n) is 1.35. The molecule has 0 saturated carbocycles. The predicted octanol–water partition coefficient (Wildman–Crippen LogP) is 2.96. The molecule has 2 aromatic rings. The van der Waals surface area contributed by atoms with E-state index in [9.17, 15) is 4.39 Å². The zero-order valence-corrected chi connectivity index (χ0v) is 10.2. The first-order chi connectivity index (χ1) is 7.70. The molecular formula is C11H10BrFN2O. The van der Waals surface area contributed by atoms with Gasteiger partial charge in [-0.05, 0) is 25.2 Å². The Bertz CT molecular complexity index is 498. The van der Waals surface area contributed by atoms with Gasteiger partial charge in [0, 0.05) is 10.0 Å². The summed E-state index contributed by atoms with van der Waals surface area (Å²) in [5, 5.41) is 2.93. The van der Waals surface area contributed by atoms with Crippen molar-refractivity contribution in [2.45, 2.75) is 6.54 Å². The van der Waals surface area contributed by atoms with Crippen LogP contribution in [0, 0.1) is 5.82 Å². The summed E-state index contributed by atoms with van der Waals surface area (Å²) in [6, 6.07) is 4.44. The number of benzene rings is 1. The highest BCUT2D eigenvalue weighted by molar-refractivity contribution is 9.10. The van der Waals surface area contributed by atoms with Crippen molar-refractivity contribution in [1.29, 1.82) is 0 Å². The Morgan fingerprint density at radius 2 is 2.31 bits per heavy atom. The molecule has 0 fully saturated rings. The highest BCUT2D eigenvalue weighted by Crippen LogP contribution is 2.29. The fourth-order valence-corrected chi connectivity index (χ4v) is 1.80. The van der Waals surface area contributed by atoms with Gasteiger partial charge in [0.2, 0.25) is 5.89 Å². The maximum atomic E-state index is 13.1. The molecule has 1 aromatic heterocycles. The zero-order valence-electron chi connectivity index (χ0n) is 8.63. The molecule has 0 bridgehead atoms. The third kappa shape index (κ3) is 2.31. The van der Waals surface area contributed by atoms with Crippen LogP contribution in [-0.2, 0) is 6.54 Å². The highest BCUT2D eigenvalue weighted by atomic mass is 79.9. The van der Waals surface area contributed by atoms with Crippen LogP contribution in [-0.4, -0.2) is 12.0 Å². The quantitative estimate of drug-likeness (QED) is 0.942. The molecule has 5 heteroatoms. The molecule has 0 aliphatic carbocycles. The van der Waals surface area contributed by atoms with Crippen LogP contribution in [0.4, 0.5) is 4.39 Å². The van der Waals surface area contributed by atoms with Crippen LogP contribution in [0.5, 0.6) is 0 Å². The molecule has 0 radical (unpaired) electrons. The average molecular weight is 285 g/mol.